The van der Waals surface area contributed by atoms with Crippen molar-refractivity contribution in [2.75, 3.05) is 37.6 Å². The number of nitrogens with zero attached hydrogens (tertiary/aromatic N) is 3. The van der Waals surface area contributed by atoms with Crippen LogP contribution in [0.2, 0.25) is 0 Å². The summed E-state index contributed by atoms with van der Waals surface area (Å²) in [4.78, 5) is 28.6. The summed E-state index contributed by atoms with van der Waals surface area (Å²) in [6.07, 6.45) is 0. The lowest BCUT2D eigenvalue weighted by molar-refractivity contribution is -0.118. The third-order valence-corrected chi connectivity index (χ3v) is 5.27. The van der Waals surface area contributed by atoms with Crippen LogP contribution in [0.15, 0.2) is 58.3 Å². The zero-order valence-corrected chi connectivity index (χ0v) is 17.7. The summed E-state index contributed by atoms with van der Waals surface area (Å²) in [5.74, 6) is -0.347. The smallest absolute Gasteiger partial charge is 0.339 e. The number of hydrogen-bond acceptors (Lipinski definition) is 7. The molecule has 0 unspecified atom stereocenters. The largest absolute Gasteiger partial charge is 0.497 e. The third-order valence-electron chi connectivity index (χ3n) is 4.58. The van der Waals surface area contributed by atoms with E-state index in [1.807, 2.05) is 30.3 Å². The van der Waals surface area contributed by atoms with Crippen LogP contribution in [0, 0.1) is 11.3 Å². The van der Waals surface area contributed by atoms with E-state index in [1.54, 1.807) is 36.0 Å². The van der Waals surface area contributed by atoms with Crippen LogP contribution in [0.5, 0.6) is 5.75 Å². The number of anilines is 2. The molecule has 1 aliphatic rings. The zero-order valence-electron chi connectivity index (χ0n) is 16.1. The predicted molar refractivity (Wildman–Crippen MR) is 112 cm³/mol. The molecule has 0 saturated carbocycles. The first-order valence-corrected chi connectivity index (χ1v) is 9.43. The van der Waals surface area contributed by atoms with Gasteiger partial charge in [-0.15, -0.1) is 0 Å². The van der Waals surface area contributed by atoms with Gasteiger partial charge < -0.3 is 19.3 Å². The SMILES string of the molecule is COc1ccc(Br)c(C(=O)OCC(=O)C(C#N)=C2N(C)c3ccccc3N2C)c1. The second-order valence-corrected chi connectivity index (χ2v) is 7.12. The molecule has 8 heteroatoms. The highest BCUT2D eigenvalue weighted by Crippen LogP contribution is 2.40. The van der Waals surface area contributed by atoms with Crippen molar-refractivity contribution >= 4 is 39.1 Å². The molecule has 0 N–H and O–H groups in total. The maximum atomic E-state index is 12.7. The van der Waals surface area contributed by atoms with Crippen LogP contribution in [0.3, 0.4) is 0 Å². The fourth-order valence-corrected chi connectivity index (χ4v) is 3.53. The Kier molecular flexibility index (Phi) is 5.89. The molecule has 0 bridgehead atoms. The van der Waals surface area contributed by atoms with Gasteiger partial charge in [0.25, 0.3) is 0 Å². The van der Waals surface area contributed by atoms with Crippen molar-refractivity contribution < 1.29 is 19.1 Å². The Balaban J connectivity index is 1.81. The fourth-order valence-electron chi connectivity index (χ4n) is 3.13. The van der Waals surface area contributed by atoms with E-state index in [4.69, 9.17) is 9.47 Å². The first-order chi connectivity index (χ1) is 13.9. The number of ketones is 1. The van der Waals surface area contributed by atoms with E-state index >= 15 is 0 Å². The van der Waals surface area contributed by atoms with E-state index in [-0.39, 0.29) is 11.1 Å². The van der Waals surface area contributed by atoms with Crippen LogP contribution in [0.4, 0.5) is 11.4 Å². The van der Waals surface area contributed by atoms with Gasteiger partial charge in [0.1, 0.15) is 23.2 Å². The standard InChI is InChI=1S/C21H18BrN3O4/c1-24-17-6-4-5-7-18(17)25(2)20(24)15(11-23)19(26)12-29-21(27)14-10-13(28-3)8-9-16(14)22/h4-10H,12H2,1-3H3. The van der Waals surface area contributed by atoms with Crippen molar-refractivity contribution in [3.63, 3.8) is 0 Å². The minimum Gasteiger partial charge on any atom is -0.497 e. The molecule has 29 heavy (non-hydrogen) atoms. The van der Waals surface area contributed by atoms with E-state index in [0.717, 1.165) is 11.4 Å². The van der Waals surface area contributed by atoms with Crippen molar-refractivity contribution in [2.24, 2.45) is 0 Å². The number of carbonyl (C=O) groups is 2. The van der Waals surface area contributed by atoms with Gasteiger partial charge in [0.15, 0.2) is 6.61 Å². The number of ether oxygens (including phenoxy) is 2. The topological polar surface area (TPSA) is 82.9 Å². The summed E-state index contributed by atoms with van der Waals surface area (Å²) in [5, 5.41) is 9.62. The third kappa shape index (κ3) is 3.82. The molecule has 0 aliphatic carbocycles. The average Bonchev–Trinajstić information content (AvgIpc) is 2.98. The molecule has 0 spiro atoms. The Hall–Kier alpha value is -3.31. The maximum absolute atomic E-state index is 12.7. The molecule has 0 saturated heterocycles. The number of hydrogen-bond donors (Lipinski definition) is 0. The molecule has 148 valence electrons. The van der Waals surface area contributed by atoms with Crippen LogP contribution >= 0.6 is 15.9 Å². The Morgan fingerprint density at radius 2 is 1.72 bits per heavy atom. The highest BCUT2D eigenvalue weighted by atomic mass is 79.9. The number of carbonyl (C=O) groups excluding carboxylic acids is 2. The first-order valence-electron chi connectivity index (χ1n) is 8.63. The number of nitriles is 1. The van der Waals surface area contributed by atoms with Crippen LogP contribution in [0.1, 0.15) is 10.4 Å². The van der Waals surface area contributed by atoms with E-state index in [9.17, 15) is 14.9 Å². The predicted octanol–water partition coefficient (Wildman–Crippen LogP) is 3.50. The van der Waals surface area contributed by atoms with Crippen molar-refractivity contribution in [3.05, 3.63) is 63.9 Å². The number of para-hydroxylation sites is 2. The van der Waals surface area contributed by atoms with Gasteiger partial charge >= 0.3 is 5.97 Å². The minimum absolute atomic E-state index is 0.0799. The van der Waals surface area contributed by atoms with Gasteiger partial charge in [-0.1, -0.05) is 12.1 Å². The van der Waals surface area contributed by atoms with E-state index in [2.05, 4.69) is 15.9 Å². The molecule has 0 aromatic heterocycles. The van der Waals surface area contributed by atoms with Gasteiger partial charge in [-0.3, -0.25) is 4.79 Å². The molecule has 2 aromatic rings. The molecule has 2 aromatic carbocycles. The molecule has 3 rings (SSSR count). The number of Topliss-reactive ketones (excluding diaryl/α,β-unsaturated/α-hetero) is 1. The van der Waals surface area contributed by atoms with Crippen molar-refractivity contribution in [1.29, 1.82) is 5.26 Å². The number of benzene rings is 2. The summed E-state index contributed by atoms with van der Waals surface area (Å²) in [6, 6.07) is 14.4. The summed E-state index contributed by atoms with van der Waals surface area (Å²) in [6.45, 7) is -0.549. The fraction of sp³-hybridized carbons (Fsp3) is 0.190. The highest BCUT2D eigenvalue weighted by molar-refractivity contribution is 9.10. The highest BCUT2D eigenvalue weighted by Gasteiger charge is 2.31. The number of methoxy groups -OCH3 is 1. The molecule has 0 fully saturated rings. The van der Waals surface area contributed by atoms with Crippen molar-refractivity contribution in [2.45, 2.75) is 0 Å². The van der Waals surface area contributed by atoms with Crippen LogP contribution in [-0.2, 0) is 9.53 Å². The lowest BCUT2D eigenvalue weighted by Crippen LogP contribution is -2.27. The van der Waals surface area contributed by atoms with Gasteiger partial charge in [0.2, 0.25) is 5.78 Å². The van der Waals surface area contributed by atoms with Gasteiger partial charge in [-0.25, -0.2) is 4.79 Å². The monoisotopic (exact) mass is 455 g/mol. The zero-order chi connectivity index (χ0) is 21.1. The molecular weight excluding hydrogens is 438 g/mol. The second-order valence-electron chi connectivity index (χ2n) is 6.26. The molecular formula is C21H18BrN3O4. The average molecular weight is 456 g/mol. The number of halogens is 1. The normalized spacial score (nSPS) is 12.3. The molecule has 0 radical (unpaired) electrons. The Morgan fingerprint density at radius 3 is 2.28 bits per heavy atom. The van der Waals surface area contributed by atoms with E-state index in [1.165, 1.54) is 13.2 Å². The van der Waals surface area contributed by atoms with Gasteiger partial charge in [-0.05, 0) is 46.3 Å². The van der Waals surface area contributed by atoms with Crippen molar-refractivity contribution in [3.8, 4) is 11.8 Å². The van der Waals surface area contributed by atoms with Crippen molar-refractivity contribution in [1.82, 2.24) is 0 Å². The Labute approximate surface area is 176 Å². The Bertz CT molecular complexity index is 1030. The summed E-state index contributed by atoms with van der Waals surface area (Å²) in [7, 11) is 5.04. The molecule has 7 nitrogen and oxygen atoms in total. The second kappa shape index (κ2) is 8.37. The number of esters is 1. The molecule has 0 atom stereocenters. The number of rotatable bonds is 5. The lowest BCUT2D eigenvalue weighted by atomic mass is 10.2. The molecule has 1 aliphatic heterocycles. The van der Waals surface area contributed by atoms with E-state index < -0.39 is 18.4 Å². The van der Waals surface area contributed by atoms with Crippen LogP contribution < -0.4 is 14.5 Å². The summed E-state index contributed by atoms with van der Waals surface area (Å²) >= 11 is 3.28. The molecule has 1 heterocycles. The van der Waals surface area contributed by atoms with Crippen LogP contribution in [0.25, 0.3) is 0 Å². The lowest BCUT2D eigenvalue weighted by Gasteiger charge is -2.19. The summed E-state index contributed by atoms with van der Waals surface area (Å²) in [5.41, 5.74) is 1.90. The quantitative estimate of drug-likeness (QED) is 0.387. The molecule has 0 amide bonds. The van der Waals surface area contributed by atoms with Gasteiger partial charge in [0.05, 0.1) is 24.0 Å². The number of fused-ring (bicyclic) bond motifs is 1. The van der Waals surface area contributed by atoms with E-state index in [0.29, 0.717) is 16.0 Å². The van der Waals surface area contributed by atoms with Gasteiger partial charge in [-0.2, -0.15) is 5.26 Å². The van der Waals surface area contributed by atoms with Gasteiger partial charge in [0, 0.05) is 18.6 Å². The maximum Gasteiger partial charge on any atom is 0.339 e. The van der Waals surface area contributed by atoms with Crippen LogP contribution in [-0.4, -0.2) is 39.6 Å². The minimum atomic E-state index is -0.692. The summed E-state index contributed by atoms with van der Waals surface area (Å²) < 4.78 is 10.8. The first kappa shape index (κ1) is 20.4. The Morgan fingerprint density at radius 1 is 1.10 bits per heavy atom.